The van der Waals surface area contributed by atoms with Crippen LogP contribution in [0.15, 0.2) is 18.5 Å². The molecule has 3 N–H and O–H groups in total. The maximum absolute atomic E-state index is 13.7. The van der Waals surface area contributed by atoms with Crippen molar-refractivity contribution < 1.29 is 14.1 Å². The highest BCUT2D eigenvalue weighted by atomic mass is 19.1. The number of nitrogens with one attached hydrogen (secondary N) is 1. The van der Waals surface area contributed by atoms with Gasteiger partial charge < -0.3 is 11.1 Å². The third-order valence-corrected chi connectivity index (χ3v) is 2.65. The monoisotopic (exact) mass is 294 g/mol. The molecule has 1 heterocycles. The predicted molar refractivity (Wildman–Crippen MR) is 69.6 cm³/mol. The quantitative estimate of drug-likeness (QED) is 0.476. The zero-order chi connectivity index (χ0) is 15.6. The largest absolute Gasteiger partial charge is 0.392 e. The number of carbonyl (C=O) groups excluding carboxylic acids is 1. The number of nitro groups is 1. The first-order chi connectivity index (χ1) is 9.90. The summed E-state index contributed by atoms with van der Waals surface area (Å²) in [5, 5.41) is 17.0. The smallest absolute Gasteiger partial charge is 0.293 e. The van der Waals surface area contributed by atoms with E-state index in [0.29, 0.717) is 5.82 Å². The number of hydrogen-bond acceptors (Lipinski definition) is 6. The first kappa shape index (κ1) is 14.4. The van der Waals surface area contributed by atoms with E-state index in [2.05, 4.69) is 15.4 Å². The Morgan fingerprint density at radius 1 is 1.57 bits per heavy atom. The van der Waals surface area contributed by atoms with E-state index in [1.807, 2.05) is 0 Å². The Morgan fingerprint density at radius 2 is 2.29 bits per heavy atom. The third-order valence-electron chi connectivity index (χ3n) is 2.65. The first-order valence-corrected chi connectivity index (χ1v) is 5.75. The van der Waals surface area contributed by atoms with Crippen LogP contribution in [0.25, 0.3) is 0 Å². The molecule has 2 aromatic rings. The molecule has 0 saturated heterocycles. The van der Waals surface area contributed by atoms with Crippen molar-refractivity contribution in [2.24, 2.45) is 7.05 Å². The Balaban J connectivity index is 2.22. The van der Waals surface area contributed by atoms with Crippen molar-refractivity contribution in [3.8, 4) is 0 Å². The molecule has 0 radical (unpaired) electrons. The van der Waals surface area contributed by atoms with Gasteiger partial charge in [-0.3, -0.25) is 19.6 Å². The molecular weight excluding hydrogens is 283 g/mol. The van der Waals surface area contributed by atoms with Gasteiger partial charge in [0, 0.05) is 13.1 Å². The Kier molecular flexibility index (Phi) is 3.78. The van der Waals surface area contributed by atoms with E-state index in [9.17, 15) is 19.3 Å². The SMILES string of the molecule is Cn1cnc(CNC(=O)c2c(F)ccc([N+](=O)[O-])c2N)n1. The van der Waals surface area contributed by atoms with Crippen molar-refractivity contribution in [1.82, 2.24) is 20.1 Å². The molecule has 0 bridgehead atoms. The number of nitrogens with two attached hydrogens (primary N) is 1. The van der Waals surface area contributed by atoms with Crippen molar-refractivity contribution in [2.45, 2.75) is 6.54 Å². The van der Waals surface area contributed by atoms with Crippen LogP contribution in [0, 0.1) is 15.9 Å². The van der Waals surface area contributed by atoms with Gasteiger partial charge in [-0.15, -0.1) is 0 Å². The lowest BCUT2D eigenvalue weighted by Crippen LogP contribution is -2.26. The molecule has 110 valence electrons. The summed E-state index contributed by atoms with van der Waals surface area (Å²) in [6.45, 7) is -0.0543. The average Bonchev–Trinajstić information content (AvgIpc) is 2.82. The summed E-state index contributed by atoms with van der Waals surface area (Å²) in [5.41, 5.74) is 3.86. The normalized spacial score (nSPS) is 10.4. The average molecular weight is 294 g/mol. The van der Waals surface area contributed by atoms with Crippen molar-refractivity contribution in [3.05, 3.63) is 45.8 Å². The van der Waals surface area contributed by atoms with Crippen LogP contribution < -0.4 is 11.1 Å². The summed E-state index contributed by atoms with van der Waals surface area (Å²) < 4.78 is 15.1. The van der Waals surface area contributed by atoms with Crippen LogP contribution in [0.5, 0.6) is 0 Å². The number of aryl methyl sites for hydroxylation is 1. The Hall–Kier alpha value is -3.04. The summed E-state index contributed by atoms with van der Waals surface area (Å²) in [6, 6.07) is 1.73. The molecular formula is C11H11FN6O3. The number of amides is 1. The maximum Gasteiger partial charge on any atom is 0.293 e. The molecule has 0 aliphatic carbocycles. The highest BCUT2D eigenvalue weighted by Crippen LogP contribution is 2.27. The van der Waals surface area contributed by atoms with Gasteiger partial charge in [-0.2, -0.15) is 5.10 Å². The van der Waals surface area contributed by atoms with Gasteiger partial charge in [-0.05, 0) is 6.07 Å². The molecule has 2 rings (SSSR count). The van der Waals surface area contributed by atoms with E-state index in [-0.39, 0.29) is 6.54 Å². The lowest BCUT2D eigenvalue weighted by Gasteiger charge is -2.07. The Labute approximate surface area is 117 Å². The second-order valence-corrected chi connectivity index (χ2v) is 4.13. The summed E-state index contributed by atoms with van der Waals surface area (Å²) in [6.07, 6.45) is 1.43. The van der Waals surface area contributed by atoms with Crippen molar-refractivity contribution in [2.75, 3.05) is 5.73 Å². The van der Waals surface area contributed by atoms with Crippen molar-refractivity contribution in [3.63, 3.8) is 0 Å². The second-order valence-electron chi connectivity index (χ2n) is 4.13. The maximum atomic E-state index is 13.7. The number of hydrogen-bond donors (Lipinski definition) is 2. The van der Waals surface area contributed by atoms with Crippen LogP contribution in [0.1, 0.15) is 16.2 Å². The second kappa shape index (κ2) is 5.53. The predicted octanol–water partition coefficient (Wildman–Crippen LogP) is 0.375. The molecule has 9 nitrogen and oxygen atoms in total. The van der Waals surface area contributed by atoms with E-state index in [4.69, 9.17) is 5.73 Å². The molecule has 0 unspecified atom stereocenters. The fourth-order valence-corrected chi connectivity index (χ4v) is 1.68. The van der Waals surface area contributed by atoms with Gasteiger partial charge in [0.25, 0.3) is 11.6 Å². The molecule has 10 heteroatoms. The lowest BCUT2D eigenvalue weighted by atomic mass is 10.1. The number of halogens is 1. The lowest BCUT2D eigenvalue weighted by molar-refractivity contribution is -0.384. The number of benzene rings is 1. The van der Waals surface area contributed by atoms with Crippen LogP contribution >= 0.6 is 0 Å². The van der Waals surface area contributed by atoms with Gasteiger partial charge in [-0.1, -0.05) is 0 Å². The molecule has 0 saturated carbocycles. The molecule has 0 aliphatic rings. The third kappa shape index (κ3) is 2.94. The van der Waals surface area contributed by atoms with Crippen LogP contribution in [0.4, 0.5) is 15.8 Å². The van der Waals surface area contributed by atoms with Crippen molar-refractivity contribution >= 4 is 17.3 Å². The van der Waals surface area contributed by atoms with Crippen LogP contribution in [0.3, 0.4) is 0 Å². The van der Waals surface area contributed by atoms with E-state index in [1.165, 1.54) is 11.0 Å². The van der Waals surface area contributed by atoms with Crippen molar-refractivity contribution in [1.29, 1.82) is 0 Å². The highest BCUT2D eigenvalue weighted by molar-refractivity contribution is 6.01. The molecule has 0 atom stereocenters. The summed E-state index contributed by atoms with van der Waals surface area (Å²) in [4.78, 5) is 25.8. The van der Waals surface area contributed by atoms with E-state index < -0.39 is 33.6 Å². The van der Waals surface area contributed by atoms with Gasteiger partial charge in [-0.25, -0.2) is 9.37 Å². The van der Waals surface area contributed by atoms with Crippen LogP contribution in [0.2, 0.25) is 0 Å². The minimum atomic E-state index is -0.940. The summed E-state index contributed by atoms with van der Waals surface area (Å²) in [7, 11) is 1.65. The Bertz CT molecular complexity index is 714. The standard InChI is InChI=1S/C11H11FN6O3/c1-17-5-15-8(16-17)4-14-11(19)9-6(12)2-3-7(10(9)13)18(20)21/h2-3,5H,4,13H2,1H3,(H,14,19). The molecule has 1 aromatic carbocycles. The fraction of sp³-hybridized carbons (Fsp3) is 0.182. The number of nitrogens with zero attached hydrogens (tertiary/aromatic N) is 4. The number of carbonyl (C=O) groups is 1. The van der Waals surface area contributed by atoms with E-state index >= 15 is 0 Å². The molecule has 0 aliphatic heterocycles. The number of aromatic nitrogens is 3. The van der Waals surface area contributed by atoms with E-state index in [0.717, 1.165) is 12.1 Å². The van der Waals surface area contributed by atoms with Crippen LogP contribution in [-0.4, -0.2) is 25.6 Å². The number of anilines is 1. The molecule has 1 aromatic heterocycles. The van der Waals surface area contributed by atoms with Gasteiger partial charge in [0.05, 0.1) is 11.5 Å². The summed E-state index contributed by atoms with van der Waals surface area (Å²) in [5.74, 6) is -1.50. The highest BCUT2D eigenvalue weighted by Gasteiger charge is 2.23. The van der Waals surface area contributed by atoms with Gasteiger partial charge in [0.15, 0.2) is 5.82 Å². The number of nitro benzene ring substituents is 1. The van der Waals surface area contributed by atoms with Gasteiger partial charge >= 0.3 is 0 Å². The van der Waals surface area contributed by atoms with Gasteiger partial charge in [0.1, 0.15) is 23.4 Å². The Morgan fingerprint density at radius 3 is 2.86 bits per heavy atom. The summed E-state index contributed by atoms with van der Waals surface area (Å²) >= 11 is 0. The first-order valence-electron chi connectivity index (χ1n) is 5.75. The zero-order valence-electron chi connectivity index (χ0n) is 10.9. The fourth-order valence-electron chi connectivity index (χ4n) is 1.68. The molecule has 21 heavy (non-hydrogen) atoms. The minimum absolute atomic E-state index is 0.0543. The molecule has 0 fully saturated rings. The van der Waals surface area contributed by atoms with Crippen LogP contribution in [-0.2, 0) is 13.6 Å². The number of rotatable bonds is 4. The molecule has 0 spiro atoms. The zero-order valence-corrected chi connectivity index (χ0v) is 10.9. The minimum Gasteiger partial charge on any atom is -0.392 e. The van der Waals surface area contributed by atoms with Gasteiger partial charge in [0.2, 0.25) is 0 Å². The number of nitrogen functional groups attached to an aromatic ring is 1. The van der Waals surface area contributed by atoms with E-state index in [1.54, 1.807) is 7.05 Å². The topological polar surface area (TPSA) is 129 Å². The molecule has 1 amide bonds.